The van der Waals surface area contributed by atoms with Gasteiger partial charge in [0.1, 0.15) is 5.82 Å². The molecule has 2 aromatic carbocycles. The van der Waals surface area contributed by atoms with Crippen molar-refractivity contribution < 1.29 is 22.0 Å². The van der Waals surface area contributed by atoms with E-state index >= 15 is 0 Å². The quantitative estimate of drug-likeness (QED) is 0.542. The highest BCUT2D eigenvalue weighted by Gasteiger charge is 2.16. The van der Waals surface area contributed by atoms with Gasteiger partial charge in [-0.1, -0.05) is 0 Å². The Morgan fingerprint density at radius 1 is 1.10 bits per heavy atom. The van der Waals surface area contributed by atoms with Gasteiger partial charge < -0.3 is 5.32 Å². The van der Waals surface area contributed by atoms with Crippen LogP contribution in [-0.4, -0.2) is 36.1 Å². The first-order valence-electron chi connectivity index (χ1n) is 8.48. The van der Waals surface area contributed by atoms with E-state index in [1.54, 1.807) is 31.2 Å². The van der Waals surface area contributed by atoms with Gasteiger partial charge in [0.05, 0.1) is 4.90 Å². The van der Waals surface area contributed by atoms with E-state index in [2.05, 4.69) is 25.2 Å². The van der Waals surface area contributed by atoms with E-state index in [1.807, 2.05) is 0 Å². The molecule has 11 heteroatoms. The lowest BCUT2D eigenvalue weighted by Gasteiger charge is -2.08. The van der Waals surface area contributed by atoms with Crippen LogP contribution in [0.25, 0.3) is 11.4 Å². The molecule has 3 aromatic rings. The molecule has 0 aliphatic rings. The molecule has 0 unspecified atom stereocenters. The van der Waals surface area contributed by atoms with E-state index in [1.165, 1.54) is 0 Å². The van der Waals surface area contributed by atoms with Crippen LogP contribution in [0.3, 0.4) is 0 Å². The molecule has 0 saturated carbocycles. The van der Waals surface area contributed by atoms with Crippen molar-refractivity contribution in [1.82, 2.24) is 19.9 Å². The number of hydrogen-bond acceptors (Lipinski definition) is 5. The van der Waals surface area contributed by atoms with Crippen LogP contribution in [0, 0.1) is 18.6 Å². The summed E-state index contributed by atoms with van der Waals surface area (Å²) in [6.45, 7) is 1.58. The first kappa shape index (κ1) is 20.6. The zero-order chi connectivity index (χ0) is 21.0. The lowest BCUT2D eigenvalue weighted by Crippen LogP contribution is -2.28. The molecule has 0 aliphatic heterocycles. The smallest absolute Gasteiger partial charge is 0.240 e. The second-order valence-electron chi connectivity index (χ2n) is 6.09. The van der Waals surface area contributed by atoms with Crippen molar-refractivity contribution >= 4 is 21.6 Å². The lowest BCUT2D eigenvalue weighted by atomic mass is 10.2. The number of aromatic amines is 1. The van der Waals surface area contributed by atoms with Crippen LogP contribution in [0.4, 0.5) is 14.5 Å². The number of halogens is 2. The number of sulfonamides is 1. The van der Waals surface area contributed by atoms with E-state index in [0.717, 1.165) is 17.7 Å². The Morgan fingerprint density at radius 3 is 2.45 bits per heavy atom. The molecule has 0 bridgehead atoms. The summed E-state index contributed by atoms with van der Waals surface area (Å²) in [6.07, 6.45) is -0.148. The lowest BCUT2D eigenvalue weighted by molar-refractivity contribution is -0.116. The number of nitrogens with zero attached hydrogens (tertiary/aromatic N) is 2. The molecule has 3 rings (SSSR count). The maximum atomic E-state index is 13.2. The Bertz CT molecular complexity index is 1130. The Labute approximate surface area is 165 Å². The highest BCUT2D eigenvalue weighted by atomic mass is 32.2. The molecule has 1 heterocycles. The second-order valence-corrected chi connectivity index (χ2v) is 7.86. The number of hydrogen-bond donors (Lipinski definition) is 3. The Hall–Kier alpha value is -3.18. The van der Waals surface area contributed by atoms with Gasteiger partial charge in [0, 0.05) is 24.2 Å². The standard InChI is InChI=1S/C18H17F2N5O3S/c1-11-22-18(25-24-11)12-2-4-13(5-3-12)23-17(26)8-9-21-29(27,28)14-6-7-15(19)16(20)10-14/h2-7,10,21H,8-9H2,1H3,(H,23,26)(H,22,24,25). The van der Waals surface area contributed by atoms with Crippen LogP contribution in [0.5, 0.6) is 0 Å². The summed E-state index contributed by atoms with van der Waals surface area (Å²) in [5.74, 6) is -1.61. The number of aromatic nitrogens is 3. The minimum Gasteiger partial charge on any atom is -0.326 e. The molecular formula is C18H17F2N5O3S. The SMILES string of the molecule is Cc1nc(-c2ccc(NC(=O)CCNS(=O)(=O)c3ccc(F)c(F)c3)cc2)n[nH]1. The van der Waals surface area contributed by atoms with Crippen molar-refractivity contribution in [2.75, 3.05) is 11.9 Å². The number of rotatable bonds is 7. The third-order valence-electron chi connectivity index (χ3n) is 3.87. The largest absolute Gasteiger partial charge is 0.326 e. The number of nitrogens with one attached hydrogen (secondary N) is 3. The first-order valence-corrected chi connectivity index (χ1v) is 9.97. The van der Waals surface area contributed by atoms with Gasteiger partial charge in [-0.05, 0) is 49.4 Å². The number of benzene rings is 2. The van der Waals surface area contributed by atoms with E-state index in [0.29, 0.717) is 23.4 Å². The number of aryl methyl sites for hydroxylation is 1. The van der Waals surface area contributed by atoms with Gasteiger partial charge in [-0.15, -0.1) is 0 Å². The van der Waals surface area contributed by atoms with Crippen molar-refractivity contribution in [1.29, 1.82) is 0 Å². The minimum absolute atomic E-state index is 0.148. The Morgan fingerprint density at radius 2 is 1.83 bits per heavy atom. The van der Waals surface area contributed by atoms with E-state index in [4.69, 9.17) is 0 Å². The first-order chi connectivity index (χ1) is 13.7. The molecule has 1 aromatic heterocycles. The molecule has 0 aliphatic carbocycles. The summed E-state index contributed by atoms with van der Waals surface area (Å²) in [5, 5.41) is 9.42. The number of carbonyl (C=O) groups excluding carboxylic acids is 1. The van der Waals surface area contributed by atoms with Crippen LogP contribution in [-0.2, 0) is 14.8 Å². The third kappa shape index (κ3) is 5.21. The highest BCUT2D eigenvalue weighted by Crippen LogP contribution is 2.18. The zero-order valence-electron chi connectivity index (χ0n) is 15.2. The molecule has 152 valence electrons. The van der Waals surface area contributed by atoms with E-state index in [-0.39, 0.29) is 13.0 Å². The fourth-order valence-corrected chi connectivity index (χ4v) is 3.47. The fraction of sp³-hybridized carbons (Fsp3) is 0.167. The summed E-state index contributed by atoms with van der Waals surface area (Å²) in [4.78, 5) is 15.8. The van der Waals surface area contributed by atoms with Crippen molar-refractivity contribution in [2.45, 2.75) is 18.2 Å². The number of anilines is 1. The second kappa shape index (κ2) is 8.45. The van der Waals surface area contributed by atoms with E-state index < -0.39 is 32.5 Å². The number of H-pyrrole nitrogens is 1. The topological polar surface area (TPSA) is 117 Å². The summed E-state index contributed by atoms with van der Waals surface area (Å²) in [6, 6.07) is 9.07. The number of amides is 1. The van der Waals surface area contributed by atoms with Crippen LogP contribution >= 0.6 is 0 Å². The fourth-order valence-electron chi connectivity index (χ4n) is 2.42. The zero-order valence-corrected chi connectivity index (χ0v) is 16.1. The highest BCUT2D eigenvalue weighted by molar-refractivity contribution is 7.89. The summed E-state index contributed by atoms with van der Waals surface area (Å²) in [7, 11) is -4.06. The molecule has 3 N–H and O–H groups in total. The normalized spacial score (nSPS) is 11.4. The van der Waals surface area contributed by atoms with Crippen molar-refractivity contribution in [3.8, 4) is 11.4 Å². The van der Waals surface area contributed by atoms with Crippen LogP contribution in [0.1, 0.15) is 12.2 Å². The van der Waals surface area contributed by atoms with Gasteiger partial charge in [-0.3, -0.25) is 9.89 Å². The summed E-state index contributed by atoms with van der Waals surface area (Å²) >= 11 is 0. The van der Waals surface area contributed by atoms with Crippen molar-refractivity contribution in [3.63, 3.8) is 0 Å². The van der Waals surface area contributed by atoms with Gasteiger partial charge in [-0.25, -0.2) is 26.9 Å². The van der Waals surface area contributed by atoms with Crippen LogP contribution < -0.4 is 10.0 Å². The van der Waals surface area contributed by atoms with Crippen LogP contribution in [0.15, 0.2) is 47.4 Å². The number of carbonyl (C=O) groups is 1. The van der Waals surface area contributed by atoms with Crippen molar-refractivity contribution in [2.24, 2.45) is 0 Å². The summed E-state index contributed by atoms with van der Waals surface area (Å²) < 4.78 is 52.4. The molecule has 0 spiro atoms. The molecule has 0 saturated heterocycles. The molecule has 0 atom stereocenters. The summed E-state index contributed by atoms with van der Waals surface area (Å²) in [5.41, 5.74) is 1.29. The molecule has 0 fully saturated rings. The van der Waals surface area contributed by atoms with Crippen LogP contribution in [0.2, 0.25) is 0 Å². The molecule has 8 nitrogen and oxygen atoms in total. The van der Waals surface area contributed by atoms with Gasteiger partial charge in [0.15, 0.2) is 17.5 Å². The van der Waals surface area contributed by atoms with E-state index in [9.17, 15) is 22.0 Å². The van der Waals surface area contributed by atoms with Crippen molar-refractivity contribution in [3.05, 3.63) is 59.9 Å². The molecule has 0 radical (unpaired) electrons. The average Bonchev–Trinajstić information content (AvgIpc) is 3.10. The Balaban J connectivity index is 1.52. The molecule has 29 heavy (non-hydrogen) atoms. The van der Waals surface area contributed by atoms with Gasteiger partial charge >= 0.3 is 0 Å². The van der Waals surface area contributed by atoms with Gasteiger partial charge in [-0.2, -0.15) is 5.10 Å². The average molecular weight is 421 g/mol. The van der Waals surface area contributed by atoms with Gasteiger partial charge in [0.2, 0.25) is 15.9 Å². The monoisotopic (exact) mass is 421 g/mol. The molecular weight excluding hydrogens is 404 g/mol. The molecule has 1 amide bonds. The predicted octanol–water partition coefficient (Wildman–Crippen LogP) is 2.37. The Kier molecular flexibility index (Phi) is 5.99. The maximum Gasteiger partial charge on any atom is 0.240 e. The predicted molar refractivity (Wildman–Crippen MR) is 101 cm³/mol. The van der Waals surface area contributed by atoms with Gasteiger partial charge in [0.25, 0.3) is 0 Å². The third-order valence-corrected chi connectivity index (χ3v) is 5.33. The maximum absolute atomic E-state index is 13.2. The minimum atomic E-state index is -4.06.